The first-order chi connectivity index (χ1) is 9.29. The van der Waals surface area contributed by atoms with Gasteiger partial charge in [-0.15, -0.1) is 0 Å². The fourth-order valence-electron chi connectivity index (χ4n) is 1.57. The molecule has 0 fully saturated rings. The average Bonchev–Trinajstić information content (AvgIpc) is 2.46. The van der Waals surface area contributed by atoms with E-state index in [1.165, 1.54) is 0 Å². The molecular formula is C16H11BrN2. The van der Waals surface area contributed by atoms with Gasteiger partial charge in [0.2, 0.25) is 0 Å². The van der Waals surface area contributed by atoms with Gasteiger partial charge in [-0.3, -0.25) is 0 Å². The fraction of sp³-hybridized carbons (Fsp3) is 0.0625. The molecule has 0 atom stereocenters. The number of halogens is 1. The standard InChI is InChI=1S/C16H11BrN2/c17-15-8-9-16(14(11-15)12-18)19-10-4-7-13-5-2-1-3-6-13/h1-3,5-6,8-9,11,19H,10H2. The van der Waals surface area contributed by atoms with Crippen LogP contribution in [-0.4, -0.2) is 6.54 Å². The smallest absolute Gasteiger partial charge is 0.101 e. The van der Waals surface area contributed by atoms with Crippen LogP contribution in [0.25, 0.3) is 0 Å². The molecule has 2 aromatic carbocycles. The van der Waals surface area contributed by atoms with E-state index < -0.39 is 0 Å². The van der Waals surface area contributed by atoms with Gasteiger partial charge in [-0.25, -0.2) is 0 Å². The van der Waals surface area contributed by atoms with Gasteiger partial charge < -0.3 is 5.32 Å². The lowest BCUT2D eigenvalue weighted by Gasteiger charge is -2.04. The van der Waals surface area contributed by atoms with E-state index in [0.717, 1.165) is 15.7 Å². The third-order valence-corrected chi connectivity index (χ3v) is 2.97. The van der Waals surface area contributed by atoms with Crippen molar-refractivity contribution >= 4 is 21.6 Å². The van der Waals surface area contributed by atoms with E-state index in [-0.39, 0.29) is 0 Å². The Morgan fingerprint density at radius 1 is 1.11 bits per heavy atom. The van der Waals surface area contributed by atoms with Crippen molar-refractivity contribution < 1.29 is 0 Å². The second kappa shape index (κ2) is 6.64. The highest BCUT2D eigenvalue weighted by Crippen LogP contribution is 2.19. The van der Waals surface area contributed by atoms with Crippen LogP contribution in [0.3, 0.4) is 0 Å². The minimum Gasteiger partial charge on any atom is -0.373 e. The maximum absolute atomic E-state index is 9.03. The van der Waals surface area contributed by atoms with E-state index in [9.17, 15) is 0 Å². The lowest BCUT2D eigenvalue weighted by molar-refractivity contribution is 1.35. The van der Waals surface area contributed by atoms with Gasteiger partial charge in [-0.05, 0) is 30.3 Å². The number of benzene rings is 2. The summed E-state index contributed by atoms with van der Waals surface area (Å²) in [4.78, 5) is 0. The van der Waals surface area contributed by atoms with Crippen LogP contribution in [-0.2, 0) is 0 Å². The summed E-state index contributed by atoms with van der Waals surface area (Å²) in [6.45, 7) is 0.505. The van der Waals surface area contributed by atoms with E-state index in [2.05, 4.69) is 39.2 Å². The first kappa shape index (κ1) is 13.2. The Morgan fingerprint density at radius 3 is 2.63 bits per heavy atom. The fourth-order valence-corrected chi connectivity index (χ4v) is 1.93. The van der Waals surface area contributed by atoms with Crippen molar-refractivity contribution in [3.05, 3.63) is 64.1 Å². The lowest BCUT2D eigenvalue weighted by Crippen LogP contribution is -2.00. The number of rotatable bonds is 2. The number of nitrogens with one attached hydrogen (secondary N) is 1. The maximum atomic E-state index is 9.03. The Balaban J connectivity index is 2.01. The normalized spacial score (nSPS) is 9.05. The van der Waals surface area contributed by atoms with Gasteiger partial charge >= 0.3 is 0 Å². The molecule has 92 valence electrons. The van der Waals surface area contributed by atoms with Crippen molar-refractivity contribution in [3.63, 3.8) is 0 Å². The molecule has 0 heterocycles. The van der Waals surface area contributed by atoms with Crippen LogP contribution in [0.5, 0.6) is 0 Å². The van der Waals surface area contributed by atoms with Gasteiger partial charge in [-0.2, -0.15) is 5.26 Å². The summed E-state index contributed by atoms with van der Waals surface area (Å²) < 4.78 is 0.893. The number of hydrogen-bond acceptors (Lipinski definition) is 2. The van der Waals surface area contributed by atoms with Crippen molar-refractivity contribution in [2.75, 3.05) is 11.9 Å². The molecule has 0 amide bonds. The summed E-state index contributed by atoms with van der Waals surface area (Å²) in [5.74, 6) is 6.09. The molecule has 0 aliphatic carbocycles. The zero-order chi connectivity index (χ0) is 13.5. The molecule has 0 unspecified atom stereocenters. The maximum Gasteiger partial charge on any atom is 0.101 e. The second-order valence-electron chi connectivity index (χ2n) is 3.82. The molecule has 0 aliphatic heterocycles. The molecule has 0 bridgehead atoms. The number of nitrogens with zero attached hydrogens (tertiary/aromatic N) is 1. The molecule has 0 radical (unpaired) electrons. The first-order valence-electron chi connectivity index (χ1n) is 5.77. The lowest BCUT2D eigenvalue weighted by atomic mass is 10.2. The molecule has 19 heavy (non-hydrogen) atoms. The third kappa shape index (κ3) is 3.88. The van der Waals surface area contributed by atoms with Crippen LogP contribution >= 0.6 is 15.9 Å². The van der Waals surface area contributed by atoms with Gasteiger partial charge in [0.05, 0.1) is 17.8 Å². The van der Waals surface area contributed by atoms with Crippen LogP contribution in [0.1, 0.15) is 11.1 Å². The van der Waals surface area contributed by atoms with Gasteiger partial charge in [-0.1, -0.05) is 46.0 Å². The number of hydrogen-bond donors (Lipinski definition) is 1. The number of nitriles is 1. The van der Waals surface area contributed by atoms with Crippen molar-refractivity contribution in [2.45, 2.75) is 0 Å². The quantitative estimate of drug-likeness (QED) is 0.857. The van der Waals surface area contributed by atoms with Gasteiger partial charge in [0.15, 0.2) is 0 Å². The highest BCUT2D eigenvalue weighted by molar-refractivity contribution is 9.10. The Kier molecular flexibility index (Phi) is 4.61. The molecule has 2 aromatic rings. The minimum absolute atomic E-state index is 0.505. The second-order valence-corrected chi connectivity index (χ2v) is 4.74. The average molecular weight is 311 g/mol. The Labute approximate surface area is 121 Å². The van der Waals surface area contributed by atoms with Gasteiger partial charge in [0, 0.05) is 10.0 Å². The van der Waals surface area contributed by atoms with Crippen LogP contribution in [0.15, 0.2) is 53.0 Å². The Bertz CT molecular complexity index is 661. The third-order valence-electron chi connectivity index (χ3n) is 2.48. The monoisotopic (exact) mass is 310 g/mol. The van der Waals surface area contributed by atoms with Gasteiger partial charge in [0.25, 0.3) is 0 Å². The van der Waals surface area contributed by atoms with E-state index >= 15 is 0 Å². The Hall–Kier alpha value is -2.23. The highest BCUT2D eigenvalue weighted by Gasteiger charge is 2.00. The van der Waals surface area contributed by atoms with Crippen LogP contribution < -0.4 is 5.32 Å². The molecule has 2 rings (SSSR count). The van der Waals surface area contributed by atoms with Crippen molar-refractivity contribution in [2.24, 2.45) is 0 Å². The molecule has 3 heteroatoms. The summed E-state index contributed by atoms with van der Waals surface area (Å²) in [6, 6.07) is 17.5. The molecule has 0 aliphatic rings. The molecule has 0 saturated carbocycles. The zero-order valence-electron chi connectivity index (χ0n) is 10.2. The Morgan fingerprint density at radius 2 is 1.89 bits per heavy atom. The molecule has 2 nitrogen and oxygen atoms in total. The van der Waals surface area contributed by atoms with E-state index in [1.54, 1.807) is 6.07 Å². The molecule has 1 N–H and O–H groups in total. The largest absolute Gasteiger partial charge is 0.373 e. The molecular weight excluding hydrogens is 300 g/mol. The highest BCUT2D eigenvalue weighted by atomic mass is 79.9. The SMILES string of the molecule is N#Cc1cc(Br)ccc1NCC#Cc1ccccc1. The summed E-state index contributed by atoms with van der Waals surface area (Å²) >= 11 is 3.34. The molecule has 0 spiro atoms. The predicted octanol–water partition coefficient (Wildman–Crippen LogP) is 3.78. The topological polar surface area (TPSA) is 35.8 Å². The van der Waals surface area contributed by atoms with Gasteiger partial charge in [0.1, 0.15) is 6.07 Å². The summed E-state index contributed by atoms with van der Waals surface area (Å²) in [7, 11) is 0. The minimum atomic E-state index is 0.505. The van der Waals surface area contributed by atoms with Crippen molar-refractivity contribution in [1.82, 2.24) is 0 Å². The first-order valence-corrected chi connectivity index (χ1v) is 6.56. The molecule has 0 saturated heterocycles. The zero-order valence-corrected chi connectivity index (χ0v) is 11.7. The number of anilines is 1. The van der Waals surface area contributed by atoms with E-state index in [0.29, 0.717) is 12.1 Å². The summed E-state index contributed by atoms with van der Waals surface area (Å²) in [5, 5.41) is 12.2. The van der Waals surface area contributed by atoms with Crippen LogP contribution in [0, 0.1) is 23.2 Å². The summed E-state index contributed by atoms with van der Waals surface area (Å²) in [6.07, 6.45) is 0. The van der Waals surface area contributed by atoms with E-state index in [4.69, 9.17) is 5.26 Å². The van der Waals surface area contributed by atoms with E-state index in [1.807, 2.05) is 42.5 Å². The van der Waals surface area contributed by atoms with Crippen molar-refractivity contribution in [3.8, 4) is 17.9 Å². The van der Waals surface area contributed by atoms with Crippen LogP contribution in [0.4, 0.5) is 5.69 Å². The van der Waals surface area contributed by atoms with Crippen molar-refractivity contribution in [1.29, 1.82) is 5.26 Å². The predicted molar refractivity (Wildman–Crippen MR) is 80.7 cm³/mol. The molecule has 0 aromatic heterocycles. The summed E-state index contributed by atoms with van der Waals surface area (Å²) in [5.41, 5.74) is 2.39. The van der Waals surface area contributed by atoms with Crippen LogP contribution in [0.2, 0.25) is 0 Å².